The Balaban J connectivity index is 1.48. The summed E-state index contributed by atoms with van der Waals surface area (Å²) in [5.74, 6) is 0.182. The van der Waals surface area contributed by atoms with Crippen LogP contribution in [0, 0.1) is 6.92 Å². The number of rotatable bonds is 5. The zero-order chi connectivity index (χ0) is 20.2. The number of nitrogens with one attached hydrogen (secondary N) is 1. The molecule has 0 unspecified atom stereocenters. The van der Waals surface area contributed by atoms with E-state index in [0.717, 1.165) is 11.1 Å². The van der Waals surface area contributed by atoms with Gasteiger partial charge in [-0.2, -0.15) is 0 Å². The van der Waals surface area contributed by atoms with Gasteiger partial charge in [0.25, 0.3) is 5.91 Å². The Labute approximate surface area is 167 Å². The number of benzene rings is 3. The van der Waals surface area contributed by atoms with Gasteiger partial charge in [-0.3, -0.25) is 9.59 Å². The maximum absolute atomic E-state index is 12.8. The van der Waals surface area contributed by atoms with E-state index in [-0.39, 0.29) is 17.9 Å². The smallest absolute Gasteiger partial charge is 0.262 e. The summed E-state index contributed by atoms with van der Waals surface area (Å²) in [5, 5.41) is 3.23. The van der Waals surface area contributed by atoms with E-state index in [1.54, 1.807) is 18.2 Å². The minimum Gasteiger partial charge on any atom is -0.484 e. The molecule has 5 nitrogen and oxygen atoms in total. The van der Waals surface area contributed by atoms with Crippen LogP contribution in [0.5, 0.6) is 5.75 Å². The van der Waals surface area contributed by atoms with E-state index in [1.807, 2.05) is 61.5 Å². The van der Waals surface area contributed by atoms with Gasteiger partial charge in [0.05, 0.1) is 10.9 Å². The quantitative estimate of drug-likeness (QED) is 0.536. The first-order valence-corrected chi connectivity index (χ1v) is 9.20. The first-order valence-electron chi connectivity index (χ1n) is 9.20. The molecule has 1 aromatic heterocycles. The molecule has 144 valence electrons. The first kappa shape index (κ1) is 18.5. The van der Waals surface area contributed by atoms with Gasteiger partial charge < -0.3 is 14.5 Å². The van der Waals surface area contributed by atoms with Crippen LogP contribution in [0.25, 0.3) is 22.1 Å². The molecule has 1 N–H and O–H groups in total. The fourth-order valence-corrected chi connectivity index (χ4v) is 3.00. The van der Waals surface area contributed by atoms with Crippen LogP contribution in [0.3, 0.4) is 0 Å². The van der Waals surface area contributed by atoms with E-state index < -0.39 is 0 Å². The van der Waals surface area contributed by atoms with Crippen molar-refractivity contribution in [3.8, 4) is 16.9 Å². The number of hydrogen-bond acceptors (Lipinski definition) is 4. The largest absolute Gasteiger partial charge is 0.484 e. The molecule has 0 saturated carbocycles. The van der Waals surface area contributed by atoms with Crippen LogP contribution < -0.4 is 15.5 Å². The number of amides is 1. The van der Waals surface area contributed by atoms with Crippen molar-refractivity contribution in [1.82, 2.24) is 0 Å². The maximum atomic E-state index is 12.8. The number of carbonyl (C=O) groups is 1. The van der Waals surface area contributed by atoms with Gasteiger partial charge in [-0.25, -0.2) is 0 Å². The van der Waals surface area contributed by atoms with Gasteiger partial charge in [0.15, 0.2) is 12.0 Å². The number of fused-ring (bicyclic) bond motifs is 1. The number of carbonyl (C=O) groups excluding carboxylic acids is 1. The molecule has 0 spiro atoms. The Morgan fingerprint density at radius 2 is 1.76 bits per heavy atom. The molecule has 0 atom stereocenters. The minimum absolute atomic E-state index is 0.110. The lowest BCUT2D eigenvalue weighted by Gasteiger charge is -2.09. The summed E-state index contributed by atoms with van der Waals surface area (Å²) in [6.07, 6.45) is 1.45. The molecule has 5 heteroatoms. The van der Waals surface area contributed by atoms with Crippen molar-refractivity contribution in [2.75, 3.05) is 11.9 Å². The predicted molar refractivity (Wildman–Crippen MR) is 113 cm³/mol. The third kappa shape index (κ3) is 4.19. The average Bonchev–Trinajstić information content (AvgIpc) is 2.75. The summed E-state index contributed by atoms with van der Waals surface area (Å²) in [4.78, 5) is 24.8. The zero-order valence-corrected chi connectivity index (χ0v) is 15.8. The molecule has 0 aliphatic heterocycles. The third-order valence-electron chi connectivity index (χ3n) is 4.54. The number of ether oxygens (including phenoxy) is 1. The Bertz CT molecular complexity index is 1210. The Kier molecular flexibility index (Phi) is 5.12. The summed E-state index contributed by atoms with van der Waals surface area (Å²) < 4.78 is 11.2. The fourth-order valence-electron chi connectivity index (χ4n) is 3.00. The SMILES string of the molecule is Cc1ccc(NC(=O)COc2ccc3c(=O)c(-c4ccccc4)coc3c2)cc1. The van der Waals surface area contributed by atoms with Crippen molar-refractivity contribution in [1.29, 1.82) is 0 Å². The van der Waals surface area contributed by atoms with Crippen molar-refractivity contribution in [3.63, 3.8) is 0 Å². The molecule has 3 aromatic carbocycles. The second-order valence-corrected chi connectivity index (χ2v) is 6.71. The number of hydrogen-bond donors (Lipinski definition) is 1. The van der Waals surface area contributed by atoms with Crippen LogP contribution in [0.2, 0.25) is 0 Å². The van der Waals surface area contributed by atoms with Gasteiger partial charge >= 0.3 is 0 Å². The van der Waals surface area contributed by atoms with E-state index in [4.69, 9.17) is 9.15 Å². The van der Waals surface area contributed by atoms with Gasteiger partial charge in [0, 0.05) is 11.8 Å². The lowest BCUT2D eigenvalue weighted by Crippen LogP contribution is -2.20. The molecule has 0 radical (unpaired) electrons. The topological polar surface area (TPSA) is 68.5 Å². The molecule has 1 heterocycles. The van der Waals surface area contributed by atoms with E-state index in [1.165, 1.54) is 6.26 Å². The normalized spacial score (nSPS) is 10.7. The highest BCUT2D eigenvalue weighted by Gasteiger charge is 2.10. The summed E-state index contributed by atoms with van der Waals surface area (Å²) in [7, 11) is 0. The Morgan fingerprint density at radius 1 is 1.00 bits per heavy atom. The Hall–Kier alpha value is -3.86. The molecule has 0 aliphatic rings. The standard InChI is InChI=1S/C24H19NO4/c1-16-7-9-18(10-8-16)25-23(26)15-28-19-11-12-20-22(13-19)29-14-21(24(20)27)17-5-3-2-4-6-17/h2-14H,15H2,1H3,(H,25,26). The van der Waals surface area contributed by atoms with Crippen LogP contribution in [0.1, 0.15) is 5.56 Å². The molecular weight excluding hydrogens is 366 g/mol. The molecular formula is C24H19NO4. The van der Waals surface area contributed by atoms with Crippen molar-refractivity contribution in [2.45, 2.75) is 6.92 Å². The highest BCUT2D eigenvalue weighted by Crippen LogP contribution is 2.23. The van der Waals surface area contributed by atoms with Crippen molar-refractivity contribution in [2.24, 2.45) is 0 Å². The minimum atomic E-state index is -0.269. The number of aryl methyl sites for hydroxylation is 1. The van der Waals surface area contributed by atoms with E-state index in [9.17, 15) is 9.59 Å². The molecule has 1 amide bonds. The highest BCUT2D eigenvalue weighted by atomic mass is 16.5. The van der Waals surface area contributed by atoms with Crippen LogP contribution in [0.4, 0.5) is 5.69 Å². The van der Waals surface area contributed by atoms with Crippen molar-refractivity contribution < 1.29 is 13.9 Å². The van der Waals surface area contributed by atoms with E-state index in [0.29, 0.717) is 28.0 Å². The second-order valence-electron chi connectivity index (χ2n) is 6.71. The number of anilines is 1. The summed E-state index contributed by atoms with van der Waals surface area (Å²) in [6, 6.07) is 21.8. The van der Waals surface area contributed by atoms with E-state index >= 15 is 0 Å². The Morgan fingerprint density at radius 3 is 2.52 bits per heavy atom. The zero-order valence-electron chi connectivity index (χ0n) is 15.8. The highest BCUT2D eigenvalue weighted by molar-refractivity contribution is 5.92. The maximum Gasteiger partial charge on any atom is 0.262 e. The molecule has 0 bridgehead atoms. The molecule has 0 saturated heterocycles. The average molecular weight is 385 g/mol. The van der Waals surface area contributed by atoms with Gasteiger partial charge in [-0.05, 0) is 36.8 Å². The van der Waals surface area contributed by atoms with Crippen LogP contribution in [0.15, 0.2) is 88.3 Å². The van der Waals surface area contributed by atoms with Crippen molar-refractivity contribution in [3.05, 3.63) is 94.8 Å². The van der Waals surface area contributed by atoms with Crippen LogP contribution in [-0.4, -0.2) is 12.5 Å². The molecule has 29 heavy (non-hydrogen) atoms. The molecule has 0 fully saturated rings. The summed E-state index contributed by atoms with van der Waals surface area (Å²) >= 11 is 0. The second kappa shape index (κ2) is 8.02. The van der Waals surface area contributed by atoms with Gasteiger partial charge in [0.1, 0.15) is 17.6 Å². The monoisotopic (exact) mass is 385 g/mol. The van der Waals surface area contributed by atoms with Crippen LogP contribution in [-0.2, 0) is 4.79 Å². The predicted octanol–water partition coefficient (Wildman–Crippen LogP) is 4.79. The molecule has 4 aromatic rings. The summed E-state index contributed by atoms with van der Waals surface area (Å²) in [5.41, 5.74) is 3.43. The van der Waals surface area contributed by atoms with Gasteiger partial charge in [-0.15, -0.1) is 0 Å². The lowest BCUT2D eigenvalue weighted by molar-refractivity contribution is -0.118. The van der Waals surface area contributed by atoms with Gasteiger partial charge in [0.2, 0.25) is 0 Å². The first-order chi connectivity index (χ1) is 14.1. The molecule has 0 aliphatic carbocycles. The van der Waals surface area contributed by atoms with Crippen molar-refractivity contribution >= 4 is 22.6 Å². The molecule has 4 rings (SSSR count). The third-order valence-corrected chi connectivity index (χ3v) is 4.54. The van der Waals surface area contributed by atoms with E-state index in [2.05, 4.69) is 5.32 Å². The fraction of sp³-hybridized carbons (Fsp3) is 0.0833. The lowest BCUT2D eigenvalue weighted by atomic mass is 10.1. The summed E-state index contributed by atoms with van der Waals surface area (Å²) in [6.45, 7) is 1.83. The van der Waals surface area contributed by atoms with Gasteiger partial charge in [-0.1, -0.05) is 48.0 Å². The van der Waals surface area contributed by atoms with Crippen LogP contribution >= 0.6 is 0 Å².